The van der Waals surface area contributed by atoms with Gasteiger partial charge in [0.1, 0.15) is 23.5 Å². The predicted octanol–water partition coefficient (Wildman–Crippen LogP) is 12.0. The van der Waals surface area contributed by atoms with Gasteiger partial charge in [0.15, 0.2) is 0 Å². The zero-order chi connectivity index (χ0) is 61.6. The first-order valence-corrected chi connectivity index (χ1v) is 31.6. The van der Waals surface area contributed by atoms with Crippen LogP contribution in [0, 0.1) is 23.2 Å². The van der Waals surface area contributed by atoms with Crippen molar-refractivity contribution in [2.75, 3.05) is 6.54 Å². The Morgan fingerprint density at radius 1 is 0.738 bits per heavy atom. The molecule has 4 aliphatic rings. The third kappa shape index (κ3) is 15.0. The van der Waals surface area contributed by atoms with E-state index in [1.807, 2.05) is 68.3 Å². The molecule has 0 saturated heterocycles. The molecule has 4 fully saturated rings. The van der Waals surface area contributed by atoms with E-state index in [9.17, 15) is 50.7 Å². The van der Waals surface area contributed by atoms with Crippen molar-refractivity contribution < 1.29 is 55.4 Å². The lowest BCUT2D eigenvalue weighted by Crippen LogP contribution is -2.48. The summed E-state index contributed by atoms with van der Waals surface area (Å²) in [7, 11) is -0.241. The Labute approximate surface area is 494 Å². The topological polar surface area (TPSA) is 207 Å². The van der Waals surface area contributed by atoms with Gasteiger partial charge in [0, 0.05) is 60.3 Å². The minimum atomic E-state index is -4.61. The van der Waals surface area contributed by atoms with E-state index < -0.39 is 56.4 Å². The average molecular weight is 1190 g/mol. The quantitative estimate of drug-likeness (QED) is 0.0533. The number of hydrogen-bond donors (Lipinski definition) is 5. The second-order valence-electron chi connectivity index (χ2n) is 27.8. The Hall–Kier alpha value is -5.95. The summed E-state index contributed by atoms with van der Waals surface area (Å²) in [6.45, 7) is 17.6. The molecule has 2 aromatic carbocycles. The van der Waals surface area contributed by atoms with Gasteiger partial charge in [-0.1, -0.05) is 71.9 Å². The van der Waals surface area contributed by atoms with Crippen LogP contribution in [0.1, 0.15) is 213 Å². The van der Waals surface area contributed by atoms with Crippen LogP contribution in [0.25, 0.3) is 22.3 Å². The Morgan fingerprint density at radius 2 is 1.33 bits per heavy atom. The number of esters is 1. The maximum Gasteiger partial charge on any atom is 0.408 e. The van der Waals surface area contributed by atoms with E-state index in [4.69, 9.17) is 4.74 Å². The molecule has 4 saturated carbocycles. The van der Waals surface area contributed by atoms with Crippen molar-refractivity contribution in [3.8, 4) is 22.3 Å². The second-order valence-corrected chi connectivity index (χ2v) is 29.5. The molecule has 19 heteroatoms. The van der Waals surface area contributed by atoms with Crippen LogP contribution < -0.4 is 20.7 Å². The minimum Gasteiger partial charge on any atom is -0.481 e. The fraction of sp³-hybridized carbons (Fsp3) is 0.615. The van der Waals surface area contributed by atoms with Gasteiger partial charge in [0.2, 0.25) is 10.0 Å². The fourth-order valence-corrected chi connectivity index (χ4v) is 14.2. The van der Waals surface area contributed by atoms with E-state index in [-0.39, 0.29) is 64.7 Å². The summed E-state index contributed by atoms with van der Waals surface area (Å²) >= 11 is 0. The molecule has 2 aromatic heterocycles. The number of benzene rings is 2. The van der Waals surface area contributed by atoms with Gasteiger partial charge < -0.3 is 34.9 Å². The van der Waals surface area contributed by atoms with Gasteiger partial charge in [-0.2, -0.15) is 13.2 Å². The number of ether oxygens (including phenoxy) is 1. The SMILES string of the molecule is C[C@H](NC(=O)c1cc(-c2cc(C(=O)NC3CC(C(=O)OC4CCCC(Cc5c(-c6ccc(S(=O)(=O)NC(C)(C)C)c(C(C)(C)C)c6)cc(C(=O)NCCC(C)(C)C(=O)O)n5C)C4)C3)n(C)c2CC2CCCCC2)cc(C2(C)CC2)c1)C(F)(F)F. The molecule has 460 valence electrons. The van der Waals surface area contributed by atoms with Gasteiger partial charge in [-0.05, 0) is 193 Å². The minimum absolute atomic E-state index is 0.0570. The van der Waals surface area contributed by atoms with Crippen molar-refractivity contribution >= 4 is 39.7 Å². The highest BCUT2D eigenvalue weighted by molar-refractivity contribution is 7.89. The van der Waals surface area contributed by atoms with Crippen molar-refractivity contribution in [2.45, 2.75) is 218 Å². The molecular weight excluding hydrogens is 1100 g/mol. The number of carboxylic acids is 1. The Kier molecular flexibility index (Phi) is 18.6. The number of nitrogens with zero attached hydrogens (tertiary/aromatic N) is 2. The number of alkyl halides is 3. The van der Waals surface area contributed by atoms with E-state index in [1.165, 1.54) is 6.42 Å². The van der Waals surface area contributed by atoms with Crippen molar-refractivity contribution in [1.29, 1.82) is 0 Å². The number of sulfonamides is 1. The number of halogens is 3. The van der Waals surface area contributed by atoms with E-state index in [0.29, 0.717) is 67.0 Å². The van der Waals surface area contributed by atoms with Crippen molar-refractivity contribution in [1.82, 2.24) is 29.8 Å². The summed E-state index contributed by atoms with van der Waals surface area (Å²) in [6, 6.07) is 12.0. The Morgan fingerprint density at radius 3 is 1.92 bits per heavy atom. The lowest BCUT2D eigenvalue weighted by atomic mass is 9.79. The maximum absolute atomic E-state index is 14.3. The third-order valence-corrected chi connectivity index (χ3v) is 20.0. The smallest absolute Gasteiger partial charge is 0.408 e. The van der Waals surface area contributed by atoms with Crippen molar-refractivity contribution in [3.05, 3.63) is 88.0 Å². The largest absolute Gasteiger partial charge is 0.481 e. The van der Waals surface area contributed by atoms with E-state index >= 15 is 0 Å². The molecule has 8 rings (SSSR count). The lowest BCUT2D eigenvalue weighted by Gasteiger charge is -2.36. The molecule has 0 bridgehead atoms. The normalized spacial score (nSPS) is 20.8. The maximum atomic E-state index is 14.3. The first-order valence-electron chi connectivity index (χ1n) is 30.2. The van der Waals surface area contributed by atoms with Gasteiger partial charge in [-0.3, -0.25) is 24.0 Å². The fourth-order valence-electron chi connectivity index (χ4n) is 12.4. The number of amides is 3. The van der Waals surface area contributed by atoms with Crippen LogP contribution in [-0.2, 0) is 62.1 Å². The summed E-state index contributed by atoms with van der Waals surface area (Å²) < 4.78 is 81.4. The summed E-state index contributed by atoms with van der Waals surface area (Å²) in [5.74, 6) is -2.75. The lowest BCUT2D eigenvalue weighted by molar-refractivity contribution is -0.160. The van der Waals surface area contributed by atoms with Crippen LogP contribution in [0.5, 0.6) is 0 Å². The molecule has 2 heterocycles. The molecular formula is C65H89F3N6O9S. The standard InChI is InChI=1S/C65H89F3N6O9S/c1-38(65(66,67)68)70-56(75)43-30-42(31-45(32-43)64(10)23-24-64)49-37-54(74(12)51(49)28-39-17-14-13-15-18-39)58(77)71-46-33-44(34-46)59(78)83-47-20-16-19-40(27-47)29-52-48(36-53(73(52)11)57(76)69-26-25-63(8,9)60(79)80)41-21-22-55(50(35-41)61(2,3)4)84(81,82)72-62(5,6)7/h21-22,30-32,35-40,44,46-47,72H,13-20,23-29,33-34H2,1-12H3,(H,69,76)(H,70,75)(H,71,77)(H,79,80)/t38-,40?,44?,46?,47?/m0/s1. The van der Waals surface area contributed by atoms with Crippen LogP contribution >= 0.6 is 0 Å². The number of rotatable bonds is 20. The first kappa shape index (κ1) is 64.1. The number of hydrogen-bond acceptors (Lipinski definition) is 8. The number of aliphatic carboxylic acids is 1. The van der Waals surface area contributed by atoms with Crippen LogP contribution in [0.2, 0.25) is 0 Å². The molecule has 0 aliphatic heterocycles. The van der Waals surface area contributed by atoms with Gasteiger partial charge >= 0.3 is 18.1 Å². The molecule has 0 spiro atoms. The van der Waals surface area contributed by atoms with Crippen LogP contribution in [0.15, 0.2) is 53.4 Å². The van der Waals surface area contributed by atoms with Crippen LogP contribution in [-0.4, -0.2) is 88.8 Å². The van der Waals surface area contributed by atoms with Crippen molar-refractivity contribution in [2.24, 2.45) is 37.3 Å². The molecule has 2 unspecified atom stereocenters. The monoisotopic (exact) mass is 1190 g/mol. The molecule has 0 radical (unpaired) electrons. The number of aromatic nitrogens is 2. The van der Waals surface area contributed by atoms with Crippen molar-refractivity contribution in [3.63, 3.8) is 0 Å². The molecule has 4 aliphatic carbocycles. The first-order chi connectivity index (χ1) is 39.0. The zero-order valence-corrected chi connectivity index (χ0v) is 52.1. The molecule has 3 atom stereocenters. The predicted molar refractivity (Wildman–Crippen MR) is 318 cm³/mol. The van der Waals surface area contributed by atoms with E-state index in [0.717, 1.165) is 91.9 Å². The molecule has 84 heavy (non-hydrogen) atoms. The Balaban J connectivity index is 0.970. The highest BCUT2D eigenvalue weighted by atomic mass is 32.2. The highest BCUT2D eigenvalue weighted by Gasteiger charge is 2.43. The van der Waals surface area contributed by atoms with Crippen LogP contribution in [0.3, 0.4) is 0 Å². The highest BCUT2D eigenvalue weighted by Crippen LogP contribution is 2.49. The molecule has 5 N–H and O–H groups in total. The van der Waals surface area contributed by atoms with Gasteiger partial charge in [-0.15, -0.1) is 0 Å². The zero-order valence-electron chi connectivity index (χ0n) is 51.3. The van der Waals surface area contributed by atoms with Crippen LogP contribution in [0.4, 0.5) is 13.2 Å². The molecule has 4 aromatic rings. The summed E-state index contributed by atoms with van der Waals surface area (Å²) in [6.07, 6.45) is 7.43. The summed E-state index contributed by atoms with van der Waals surface area (Å²) in [5.41, 5.74) is 4.53. The average Bonchev–Trinajstić information content (AvgIpc) is 1.74. The third-order valence-electron chi connectivity index (χ3n) is 18.2. The van der Waals surface area contributed by atoms with E-state index in [1.54, 1.807) is 58.9 Å². The number of carboxylic acid groups (broad SMARTS) is 1. The number of nitrogens with one attached hydrogen (secondary N) is 4. The Bertz CT molecular complexity index is 3260. The molecule has 3 amide bonds. The van der Waals surface area contributed by atoms with Gasteiger partial charge in [-0.25, -0.2) is 13.1 Å². The summed E-state index contributed by atoms with van der Waals surface area (Å²) in [4.78, 5) is 67.7. The van der Waals surface area contributed by atoms with Gasteiger partial charge in [0.25, 0.3) is 17.7 Å². The second kappa shape index (κ2) is 24.4. The molecule has 15 nitrogen and oxygen atoms in total. The number of carbonyl (C=O) groups is 5. The van der Waals surface area contributed by atoms with E-state index in [2.05, 4.69) is 27.6 Å². The summed E-state index contributed by atoms with van der Waals surface area (Å²) in [5, 5.41) is 17.9. The number of carbonyl (C=O) groups excluding carboxylic acids is 4. The van der Waals surface area contributed by atoms with Gasteiger partial charge in [0.05, 0.1) is 16.2 Å².